The van der Waals surface area contributed by atoms with Crippen LogP contribution in [0.4, 0.5) is 0 Å². The summed E-state index contributed by atoms with van der Waals surface area (Å²) in [5, 5.41) is 10.3. The van der Waals surface area contributed by atoms with Crippen LogP contribution < -0.4 is 9.64 Å². The van der Waals surface area contributed by atoms with E-state index < -0.39 is 0 Å². The lowest BCUT2D eigenvalue weighted by Gasteiger charge is -2.23. The van der Waals surface area contributed by atoms with Gasteiger partial charge in [0, 0.05) is 11.6 Å². The molecule has 1 aromatic carbocycles. The third kappa shape index (κ3) is 5.34. The molecule has 8 heteroatoms. The van der Waals surface area contributed by atoms with Gasteiger partial charge in [-0.2, -0.15) is 0 Å². The first-order valence-electron chi connectivity index (χ1n) is 8.61. The molecule has 2 aromatic rings. The van der Waals surface area contributed by atoms with Crippen LogP contribution in [0.2, 0.25) is 5.02 Å². The summed E-state index contributed by atoms with van der Waals surface area (Å²) in [6.07, 6.45) is 0. The van der Waals surface area contributed by atoms with E-state index in [0.717, 1.165) is 61.9 Å². The molecule has 1 N–H and O–H groups in total. The van der Waals surface area contributed by atoms with Gasteiger partial charge in [0.15, 0.2) is 11.0 Å². The number of ether oxygens (including phenoxy) is 2. The highest BCUT2D eigenvalue weighted by Gasteiger charge is 2.16. The molecule has 136 valence electrons. The quantitative estimate of drug-likeness (QED) is 0.701. The number of nitrogens with zero attached hydrogens (tertiary/aromatic N) is 3. The number of quaternary nitrogens is 1. The van der Waals surface area contributed by atoms with E-state index in [2.05, 4.69) is 21.7 Å². The first-order chi connectivity index (χ1) is 12.3. The van der Waals surface area contributed by atoms with Crippen molar-refractivity contribution in [1.29, 1.82) is 0 Å². The minimum Gasteiger partial charge on any atom is -0.486 e. The van der Waals surface area contributed by atoms with E-state index in [0.29, 0.717) is 11.6 Å². The topological polar surface area (TPSA) is 53.6 Å². The number of benzene rings is 1. The molecular formula is C17H24ClN4O2S+. The number of rotatable bonds is 8. The molecule has 0 bridgehead atoms. The van der Waals surface area contributed by atoms with Crippen LogP contribution in [-0.2, 0) is 17.9 Å². The molecule has 1 fully saturated rings. The van der Waals surface area contributed by atoms with Gasteiger partial charge in [0.1, 0.15) is 25.4 Å². The van der Waals surface area contributed by atoms with Crippen LogP contribution in [0.3, 0.4) is 0 Å². The van der Waals surface area contributed by atoms with Crippen LogP contribution in [0.5, 0.6) is 5.75 Å². The summed E-state index contributed by atoms with van der Waals surface area (Å²) in [6.45, 7) is 8.40. The number of halogens is 1. The van der Waals surface area contributed by atoms with E-state index in [1.807, 2.05) is 24.3 Å². The van der Waals surface area contributed by atoms with E-state index >= 15 is 0 Å². The van der Waals surface area contributed by atoms with Gasteiger partial charge < -0.3 is 18.9 Å². The van der Waals surface area contributed by atoms with Gasteiger partial charge in [-0.05, 0) is 31.2 Å². The van der Waals surface area contributed by atoms with E-state index in [1.165, 1.54) is 0 Å². The van der Waals surface area contributed by atoms with Gasteiger partial charge in [-0.25, -0.2) is 0 Å². The van der Waals surface area contributed by atoms with E-state index in [4.69, 9.17) is 21.1 Å². The van der Waals surface area contributed by atoms with Gasteiger partial charge in [0.2, 0.25) is 0 Å². The summed E-state index contributed by atoms with van der Waals surface area (Å²) < 4.78 is 13.3. The van der Waals surface area contributed by atoms with E-state index in [-0.39, 0.29) is 0 Å². The molecule has 25 heavy (non-hydrogen) atoms. The van der Waals surface area contributed by atoms with Crippen molar-refractivity contribution in [2.45, 2.75) is 25.2 Å². The molecule has 0 unspecified atom stereocenters. The highest BCUT2D eigenvalue weighted by Crippen LogP contribution is 2.19. The molecule has 6 nitrogen and oxygen atoms in total. The van der Waals surface area contributed by atoms with Gasteiger partial charge in [-0.3, -0.25) is 0 Å². The normalized spacial score (nSPS) is 15.4. The molecule has 0 radical (unpaired) electrons. The third-order valence-electron chi connectivity index (χ3n) is 4.18. The number of aromatic nitrogens is 3. The average molecular weight is 384 g/mol. The Morgan fingerprint density at radius 1 is 1.24 bits per heavy atom. The second kappa shape index (κ2) is 9.43. The van der Waals surface area contributed by atoms with Crippen molar-refractivity contribution in [3.63, 3.8) is 0 Å². The zero-order valence-corrected chi connectivity index (χ0v) is 16.0. The second-order valence-electron chi connectivity index (χ2n) is 5.85. The van der Waals surface area contributed by atoms with Crippen molar-refractivity contribution in [1.82, 2.24) is 14.8 Å². The largest absolute Gasteiger partial charge is 0.486 e. The van der Waals surface area contributed by atoms with E-state index in [1.54, 1.807) is 16.7 Å². The van der Waals surface area contributed by atoms with Crippen LogP contribution in [0, 0.1) is 0 Å². The third-order valence-corrected chi connectivity index (χ3v) is 5.40. The zero-order chi connectivity index (χ0) is 17.5. The van der Waals surface area contributed by atoms with Crippen molar-refractivity contribution in [2.24, 2.45) is 0 Å². The van der Waals surface area contributed by atoms with Crippen molar-refractivity contribution in [3.8, 4) is 5.75 Å². The van der Waals surface area contributed by atoms with Gasteiger partial charge in [-0.15, -0.1) is 10.2 Å². The molecule has 0 spiro atoms. The van der Waals surface area contributed by atoms with Gasteiger partial charge in [0.25, 0.3) is 0 Å². The summed E-state index contributed by atoms with van der Waals surface area (Å²) in [5.74, 6) is 2.66. The summed E-state index contributed by atoms with van der Waals surface area (Å²) in [6, 6.07) is 7.35. The molecule has 1 aliphatic rings. The number of hydrogen-bond donors (Lipinski definition) is 1. The lowest BCUT2D eigenvalue weighted by atomic mass is 10.3. The van der Waals surface area contributed by atoms with E-state index in [9.17, 15) is 0 Å². The maximum Gasteiger partial charge on any atom is 0.191 e. The van der Waals surface area contributed by atoms with Crippen LogP contribution in [0.1, 0.15) is 12.7 Å². The van der Waals surface area contributed by atoms with Crippen LogP contribution in [-0.4, -0.2) is 53.4 Å². The van der Waals surface area contributed by atoms with Crippen LogP contribution in [0.25, 0.3) is 0 Å². The Hall–Kier alpha value is -1.28. The minimum atomic E-state index is 0.401. The van der Waals surface area contributed by atoms with Gasteiger partial charge >= 0.3 is 0 Å². The Morgan fingerprint density at radius 2 is 2.00 bits per heavy atom. The molecule has 0 atom stereocenters. The molecule has 0 aliphatic carbocycles. The second-order valence-corrected chi connectivity index (χ2v) is 7.34. The molecule has 1 aliphatic heterocycles. The Morgan fingerprint density at radius 3 is 2.72 bits per heavy atom. The van der Waals surface area contributed by atoms with Crippen LogP contribution in [0.15, 0.2) is 29.4 Å². The maximum atomic E-state index is 5.89. The maximum absolute atomic E-state index is 5.89. The fraction of sp³-hybridized carbons (Fsp3) is 0.529. The molecular weight excluding hydrogens is 360 g/mol. The van der Waals surface area contributed by atoms with Crippen molar-refractivity contribution in [2.75, 3.05) is 38.6 Å². The Bertz CT molecular complexity index is 659. The predicted molar refractivity (Wildman–Crippen MR) is 98.6 cm³/mol. The highest BCUT2D eigenvalue weighted by molar-refractivity contribution is 7.99. The molecule has 0 saturated carbocycles. The lowest BCUT2D eigenvalue weighted by Crippen LogP contribution is -3.14. The summed E-state index contributed by atoms with van der Waals surface area (Å²) in [5.41, 5.74) is 0. The van der Waals surface area contributed by atoms with Gasteiger partial charge in [-0.1, -0.05) is 23.4 Å². The Kier molecular flexibility index (Phi) is 6.98. The first kappa shape index (κ1) is 18.5. The number of nitrogens with one attached hydrogen (secondary N) is 1. The smallest absolute Gasteiger partial charge is 0.191 e. The minimum absolute atomic E-state index is 0.401. The van der Waals surface area contributed by atoms with Crippen molar-refractivity contribution >= 4 is 23.4 Å². The summed E-state index contributed by atoms with van der Waals surface area (Å²) in [7, 11) is 0. The predicted octanol–water partition coefficient (Wildman–Crippen LogP) is 1.54. The van der Waals surface area contributed by atoms with Crippen LogP contribution >= 0.6 is 23.4 Å². The molecule has 1 saturated heterocycles. The average Bonchev–Trinajstić information content (AvgIpc) is 3.04. The zero-order valence-electron chi connectivity index (χ0n) is 14.4. The van der Waals surface area contributed by atoms with Crippen molar-refractivity contribution in [3.05, 3.63) is 35.1 Å². The monoisotopic (exact) mass is 383 g/mol. The lowest BCUT2D eigenvalue weighted by molar-refractivity contribution is -0.905. The van der Waals surface area contributed by atoms with Gasteiger partial charge in [0.05, 0.1) is 25.5 Å². The Balaban J connectivity index is 1.52. The van der Waals surface area contributed by atoms with Crippen molar-refractivity contribution < 1.29 is 14.4 Å². The first-order valence-corrected chi connectivity index (χ1v) is 9.97. The number of hydrogen-bond acceptors (Lipinski definition) is 5. The molecule has 1 aromatic heterocycles. The summed E-state index contributed by atoms with van der Waals surface area (Å²) >= 11 is 7.66. The Labute approximate surface area is 157 Å². The highest BCUT2D eigenvalue weighted by atomic mass is 35.5. The SMILES string of the molecule is CCn1c(COc2ccc(Cl)cc2)nnc1SCC[NH+]1CCOCC1. The molecule has 0 amide bonds. The summed E-state index contributed by atoms with van der Waals surface area (Å²) in [4.78, 5) is 1.60. The number of thioether (sulfide) groups is 1. The number of morpholine rings is 1. The fourth-order valence-corrected chi connectivity index (χ4v) is 3.91. The molecule has 3 rings (SSSR count). The fourth-order valence-electron chi connectivity index (χ4n) is 2.73. The standard InChI is InChI=1S/C17H23ClN4O2S/c1-2-22-16(13-24-15-5-3-14(18)4-6-15)19-20-17(22)25-12-9-21-7-10-23-11-8-21/h3-6H,2,7-13H2,1H3/p+1. The molecule has 2 heterocycles.